The number of hydrogen-bond donors (Lipinski definition) is 3. The molecule has 0 aliphatic heterocycles. The molecule has 3 heteroatoms. The number of aliphatic hydroxyl groups is 1. The second-order valence-electron chi connectivity index (χ2n) is 2.62. The van der Waals surface area contributed by atoms with Gasteiger partial charge in [-0.2, -0.15) is 0 Å². The first-order chi connectivity index (χ1) is 4.81. The summed E-state index contributed by atoms with van der Waals surface area (Å²) < 4.78 is 0. The van der Waals surface area contributed by atoms with Gasteiger partial charge in [0.05, 0.1) is 0 Å². The summed E-state index contributed by atoms with van der Waals surface area (Å²) in [6, 6.07) is 0. The van der Waals surface area contributed by atoms with E-state index in [9.17, 15) is 0 Å². The summed E-state index contributed by atoms with van der Waals surface area (Å²) in [5, 5.41) is 11.6. The van der Waals surface area contributed by atoms with Crippen LogP contribution in [0.4, 0.5) is 0 Å². The molecule has 0 rings (SSSR count). The van der Waals surface area contributed by atoms with Crippen LogP contribution in [-0.2, 0) is 0 Å². The average Bonchev–Trinajstić information content (AvgIpc) is 1.98. The zero-order chi connectivity index (χ0) is 7.82. The van der Waals surface area contributed by atoms with E-state index in [1.807, 2.05) is 0 Å². The first-order valence-corrected chi connectivity index (χ1v) is 3.83. The number of nitrogens with two attached hydrogens (primary N) is 1. The Morgan fingerprint density at radius 1 is 1.60 bits per heavy atom. The molecule has 0 fully saturated rings. The van der Waals surface area contributed by atoms with Gasteiger partial charge in [-0.3, -0.25) is 0 Å². The van der Waals surface area contributed by atoms with E-state index in [1.54, 1.807) is 0 Å². The zero-order valence-corrected chi connectivity index (χ0v) is 6.64. The van der Waals surface area contributed by atoms with Crippen LogP contribution in [0.1, 0.15) is 13.3 Å². The van der Waals surface area contributed by atoms with Gasteiger partial charge in [-0.1, -0.05) is 6.92 Å². The maximum Gasteiger partial charge on any atom is 0.0443 e. The summed E-state index contributed by atoms with van der Waals surface area (Å²) in [6.45, 7) is 4.94. The van der Waals surface area contributed by atoms with Crippen molar-refractivity contribution in [2.75, 3.05) is 26.2 Å². The predicted molar refractivity (Wildman–Crippen MR) is 42.8 cm³/mol. The van der Waals surface area contributed by atoms with Gasteiger partial charge in [0.15, 0.2) is 0 Å². The summed E-state index contributed by atoms with van der Waals surface area (Å²) >= 11 is 0. The molecular weight excluding hydrogens is 128 g/mol. The monoisotopic (exact) mass is 146 g/mol. The Kier molecular flexibility index (Phi) is 6.91. The molecule has 0 aromatic rings. The van der Waals surface area contributed by atoms with Gasteiger partial charge in [-0.25, -0.2) is 0 Å². The van der Waals surface area contributed by atoms with Crippen LogP contribution in [0.15, 0.2) is 0 Å². The average molecular weight is 146 g/mol. The lowest BCUT2D eigenvalue weighted by Gasteiger charge is -2.08. The first-order valence-electron chi connectivity index (χ1n) is 3.83. The Morgan fingerprint density at radius 3 is 2.80 bits per heavy atom. The maximum absolute atomic E-state index is 8.42. The minimum absolute atomic E-state index is 0.268. The van der Waals surface area contributed by atoms with Crippen LogP contribution < -0.4 is 11.1 Å². The van der Waals surface area contributed by atoms with Crippen molar-refractivity contribution in [3.8, 4) is 0 Å². The molecule has 0 spiro atoms. The fourth-order valence-electron chi connectivity index (χ4n) is 0.636. The minimum Gasteiger partial charge on any atom is -0.396 e. The molecule has 0 heterocycles. The van der Waals surface area contributed by atoms with Gasteiger partial charge in [0.1, 0.15) is 0 Å². The fourth-order valence-corrected chi connectivity index (χ4v) is 0.636. The van der Waals surface area contributed by atoms with E-state index in [2.05, 4.69) is 12.2 Å². The zero-order valence-electron chi connectivity index (χ0n) is 6.64. The van der Waals surface area contributed by atoms with Gasteiger partial charge in [0.2, 0.25) is 0 Å². The summed E-state index contributed by atoms with van der Waals surface area (Å²) in [6.07, 6.45) is 0.831. The van der Waals surface area contributed by atoms with Gasteiger partial charge in [0.25, 0.3) is 0 Å². The predicted octanol–water partition coefficient (Wildman–Crippen LogP) is -0.447. The summed E-state index contributed by atoms with van der Waals surface area (Å²) in [4.78, 5) is 0. The number of nitrogens with one attached hydrogen (secondary N) is 1. The highest BCUT2D eigenvalue weighted by molar-refractivity contribution is 4.56. The summed E-state index contributed by atoms with van der Waals surface area (Å²) in [5.41, 5.74) is 5.40. The smallest absolute Gasteiger partial charge is 0.0443 e. The molecule has 0 aliphatic rings. The molecule has 0 aromatic heterocycles. The van der Waals surface area contributed by atoms with Crippen LogP contribution in [0.5, 0.6) is 0 Å². The molecule has 10 heavy (non-hydrogen) atoms. The third kappa shape index (κ3) is 6.01. The Labute approximate surface area is 62.6 Å². The molecule has 0 bridgehead atoms. The van der Waals surface area contributed by atoms with E-state index in [4.69, 9.17) is 10.8 Å². The molecule has 0 aliphatic carbocycles. The van der Waals surface area contributed by atoms with E-state index in [-0.39, 0.29) is 6.61 Å². The van der Waals surface area contributed by atoms with Crippen LogP contribution in [0.3, 0.4) is 0 Å². The maximum atomic E-state index is 8.42. The molecule has 3 nitrogen and oxygen atoms in total. The highest BCUT2D eigenvalue weighted by Crippen LogP contribution is 1.86. The van der Waals surface area contributed by atoms with Gasteiger partial charge < -0.3 is 16.2 Å². The van der Waals surface area contributed by atoms with Crippen molar-refractivity contribution in [2.45, 2.75) is 13.3 Å². The Bertz CT molecular complexity index is 68.6. The van der Waals surface area contributed by atoms with Crippen LogP contribution in [-0.4, -0.2) is 31.3 Å². The van der Waals surface area contributed by atoms with Gasteiger partial charge in [-0.15, -0.1) is 0 Å². The molecule has 1 unspecified atom stereocenters. The lowest BCUT2D eigenvalue weighted by Crippen LogP contribution is -2.27. The van der Waals surface area contributed by atoms with E-state index in [0.717, 1.165) is 26.1 Å². The normalized spacial score (nSPS) is 13.5. The highest BCUT2D eigenvalue weighted by Gasteiger charge is 1.95. The Morgan fingerprint density at radius 2 is 2.30 bits per heavy atom. The lowest BCUT2D eigenvalue weighted by molar-refractivity contribution is 0.285. The van der Waals surface area contributed by atoms with Gasteiger partial charge >= 0.3 is 0 Å². The topological polar surface area (TPSA) is 58.3 Å². The molecule has 4 N–H and O–H groups in total. The largest absolute Gasteiger partial charge is 0.396 e. The number of aliphatic hydroxyl groups excluding tert-OH is 1. The van der Waals surface area contributed by atoms with Crippen LogP contribution in [0.2, 0.25) is 0 Å². The Balaban J connectivity index is 2.89. The number of rotatable bonds is 6. The van der Waals surface area contributed by atoms with Crippen molar-refractivity contribution in [3.63, 3.8) is 0 Å². The van der Waals surface area contributed by atoms with Gasteiger partial charge in [-0.05, 0) is 32.0 Å². The third-order valence-corrected chi connectivity index (χ3v) is 1.41. The quantitative estimate of drug-likeness (QED) is 0.445. The van der Waals surface area contributed by atoms with Crippen molar-refractivity contribution in [1.82, 2.24) is 5.32 Å². The second kappa shape index (κ2) is 6.99. The van der Waals surface area contributed by atoms with Crippen molar-refractivity contribution in [1.29, 1.82) is 0 Å². The molecule has 1 atom stereocenters. The van der Waals surface area contributed by atoms with Gasteiger partial charge in [0, 0.05) is 6.61 Å². The molecular formula is C7H18N2O. The van der Waals surface area contributed by atoms with Crippen molar-refractivity contribution >= 4 is 0 Å². The SMILES string of the molecule is CC(CN)CNCCCO. The van der Waals surface area contributed by atoms with Crippen LogP contribution in [0, 0.1) is 5.92 Å². The van der Waals surface area contributed by atoms with E-state index >= 15 is 0 Å². The molecule has 0 radical (unpaired) electrons. The fraction of sp³-hybridized carbons (Fsp3) is 1.00. The summed E-state index contributed by atoms with van der Waals surface area (Å²) in [7, 11) is 0. The summed E-state index contributed by atoms with van der Waals surface area (Å²) in [5.74, 6) is 0.540. The van der Waals surface area contributed by atoms with Crippen molar-refractivity contribution in [2.24, 2.45) is 11.7 Å². The minimum atomic E-state index is 0.268. The molecule has 0 aromatic carbocycles. The van der Waals surface area contributed by atoms with Crippen molar-refractivity contribution in [3.05, 3.63) is 0 Å². The molecule has 0 amide bonds. The Hall–Kier alpha value is -0.120. The number of hydrogen-bond acceptors (Lipinski definition) is 3. The molecule has 0 saturated heterocycles. The molecule has 0 saturated carbocycles. The van der Waals surface area contributed by atoms with E-state index < -0.39 is 0 Å². The van der Waals surface area contributed by atoms with E-state index in [0.29, 0.717) is 5.92 Å². The third-order valence-electron chi connectivity index (χ3n) is 1.41. The van der Waals surface area contributed by atoms with Crippen molar-refractivity contribution < 1.29 is 5.11 Å². The highest BCUT2D eigenvalue weighted by atomic mass is 16.3. The standard InChI is InChI=1S/C7H18N2O/c1-7(5-8)6-9-3-2-4-10/h7,9-10H,2-6,8H2,1H3. The van der Waals surface area contributed by atoms with Crippen LogP contribution in [0.25, 0.3) is 0 Å². The second-order valence-corrected chi connectivity index (χ2v) is 2.62. The van der Waals surface area contributed by atoms with Crippen LogP contribution >= 0.6 is 0 Å². The first kappa shape index (κ1) is 9.88. The molecule has 62 valence electrons. The van der Waals surface area contributed by atoms with E-state index in [1.165, 1.54) is 0 Å². The lowest BCUT2D eigenvalue weighted by atomic mass is 10.2.